The smallest absolute Gasteiger partial charge is 0.266 e. The van der Waals surface area contributed by atoms with Crippen molar-refractivity contribution in [1.29, 1.82) is 0 Å². The predicted octanol–water partition coefficient (Wildman–Crippen LogP) is 3.14. The maximum Gasteiger partial charge on any atom is 0.266 e. The SMILES string of the molecule is O=C(CCN1C(=O)/C(=C\c2ccc(F)cc2)SC1=S)NC(CO)Cc1ccccc1. The van der Waals surface area contributed by atoms with Crippen LogP contribution in [0.3, 0.4) is 0 Å². The first-order valence-corrected chi connectivity index (χ1v) is 10.6. The van der Waals surface area contributed by atoms with Crippen LogP contribution >= 0.6 is 24.0 Å². The number of carbonyl (C=O) groups is 2. The van der Waals surface area contributed by atoms with Crippen molar-refractivity contribution in [2.24, 2.45) is 0 Å². The van der Waals surface area contributed by atoms with E-state index >= 15 is 0 Å². The number of nitrogens with one attached hydrogen (secondary N) is 1. The molecule has 1 saturated heterocycles. The highest BCUT2D eigenvalue weighted by Crippen LogP contribution is 2.32. The number of nitrogens with zero attached hydrogens (tertiary/aromatic N) is 1. The van der Waals surface area contributed by atoms with E-state index in [1.165, 1.54) is 17.0 Å². The molecular weight excluding hydrogens is 423 g/mol. The van der Waals surface area contributed by atoms with Gasteiger partial charge in [0.15, 0.2) is 0 Å². The van der Waals surface area contributed by atoms with Crippen LogP contribution in [0.2, 0.25) is 0 Å². The molecule has 30 heavy (non-hydrogen) atoms. The quantitative estimate of drug-likeness (QED) is 0.484. The Kier molecular flexibility index (Phi) is 7.73. The molecule has 0 bridgehead atoms. The highest BCUT2D eigenvalue weighted by molar-refractivity contribution is 8.26. The molecule has 1 fully saturated rings. The second kappa shape index (κ2) is 10.5. The van der Waals surface area contributed by atoms with Gasteiger partial charge in [0.05, 0.1) is 17.6 Å². The zero-order valence-electron chi connectivity index (χ0n) is 16.1. The van der Waals surface area contributed by atoms with Crippen LogP contribution in [0.15, 0.2) is 59.5 Å². The Morgan fingerprint density at radius 3 is 2.57 bits per heavy atom. The topological polar surface area (TPSA) is 69.6 Å². The number of rotatable bonds is 8. The van der Waals surface area contributed by atoms with Gasteiger partial charge >= 0.3 is 0 Å². The van der Waals surface area contributed by atoms with E-state index < -0.39 is 6.04 Å². The summed E-state index contributed by atoms with van der Waals surface area (Å²) in [6, 6.07) is 15.0. The Hall–Kier alpha value is -2.55. The van der Waals surface area contributed by atoms with Gasteiger partial charge in [-0.3, -0.25) is 14.5 Å². The first-order chi connectivity index (χ1) is 14.5. The number of amides is 2. The van der Waals surface area contributed by atoms with Crippen LogP contribution < -0.4 is 5.32 Å². The van der Waals surface area contributed by atoms with E-state index in [9.17, 15) is 19.1 Å². The molecule has 0 spiro atoms. The van der Waals surface area contributed by atoms with E-state index in [2.05, 4.69) is 5.32 Å². The zero-order chi connectivity index (χ0) is 21.5. The highest BCUT2D eigenvalue weighted by atomic mass is 32.2. The van der Waals surface area contributed by atoms with Crippen LogP contribution in [0, 0.1) is 5.82 Å². The zero-order valence-corrected chi connectivity index (χ0v) is 17.7. The summed E-state index contributed by atoms with van der Waals surface area (Å²) in [5.74, 6) is -0.883. The van der Waals surface area contributed by atoms with Gasteiger partial charge in [-0.2, -0.15) is 0 Å². The molecule has 2 aromatic rings. The molecule has 156 valence electrons. The molecule has 1 aliphatic heterocycles. The molecule has 2 aromatic carbocycles. The number of thiocarbonyl (C=S) groups is 1. The lowest BCUT2D eigenvalue weighted by Crippen LogP contribution is -2.41. The molecule has 5 nitrogen and oxygen atoms in total. The monoisotopic (exact) mass is 444 g/mol. The van der Waals surface area contributed by atoms with Gasteiger partial charge in [0.2, 0.25) is 5.91 Å². The Bertz CT molecular complexity index is 949. The van der Waals surface area contributed by atoms with Crippen molar-refractivity contribution in [3.8, 4) is 0 Å². The number of aliphatic hydroxyl groups is 1. The fourth-order valence-corrected chi connectivity index (χ4v) is 4.28. The minimum Gasteiger partial charge on any atom is -0.394 e. The van der Waals surface area contributed by atoms with Crippen LogP contribution in [0.5, 0.6) is 0 Å². The second-order valence-electron chi connectivity index (χ2n) is 6.77. The Balaban J connectivity index is 1.54. The van der Waals surface area contributed by atoms with Gasteiger partial charge < -0.3 is 10.4 Å². The highest BCUT2D eigenvalue weighted by Gasteiger charge is 2.32. The lowest BCUT2D eigenvalue weighted by atomic mass is 10.1. The van der Waals surface area contributed by atoms with Gasteiger partial charge in [0, 0.05) is 13.0 Å². The van der Waals surface area contributed by atoms with Crippen LogP contribution in [0.4, 0.5) is 4.39 Å². The summed E-state index contributed by atoms with van der Waals surface area (Å²) in [5.41, 5.74) is 1.71. The van der Waals surface area contributed by atoms with E-state index in [4.69, 9.17) is 12.2 Å². The molecule has 1 unspecified atom stereocenters. The lowest BCUT2D eigenvalue weighted by molar-refractivity contribution is -0.124. The third kappa shape index (κ3) is 5.98. The summed E-state index contributed by atoms with van der Waals surface area (Å²) in [4.78, 5) is 26.8. The average molecular weight is 445 g/mol. The van der Waals surface area contributed by atoms with E-state index in [-0.39, 0.29) is 37.2 Å². The minimum absolute atomic E-state index is 0.0710. The summed E-state index contributed by atoms with van der Waals surface area (Å²) in [7, 11) is 0. The third-order valence-corrected chi connectivity index (χ3v) is 5.89. The van der Waals surface area contributed by atoms with Crippen molar-refractivity contribution in [2.45, 2.75) is 18.9 Å². The van der Waals surface area contributed by atoms with E-state index in [1.807, 2.05) is 30.3 Å². The minimum atomic E-state index is -0.399. The maximum atomic E-state index is 13.0. The predicted molar refractivity (Wildman–Crippen MR) is 120 cm³/mol. The fourth-order valence-electron chi connectivity index (χ4n) is 2.98. The second-order valence-corrected chi connectivity index (χ2v) is 8.45. The Morgan fingerprint density at radius 1 is 1.20 bits per heavy atom. The average Bonchev–Trinajstić information content (AvgIpc) is 3.01. The van der Waals surface area contributed by atoms with E-state index in [1.54, 1.807) is 18.2 Å². The van der Waals surface area contributed by atoms with Crippen LogP contribution in [0.25, 0.3) is 6.08 Å². The lowest BCUT2D eigenvalue weighted by Gasteiger charge is -2.18. The van der Waals surface area contributed by atoms with Crippen molar-refractivity contribution < 1.29 is 19.1 Å². The molecule has 2 N–H and O–H groups in total. The number of benzene rings is 2. The van der Waals surface area contributed by atoms with Crippen molar-refractivity contribution in [3.05, 3.63) is 76.4 Å². The molecule has 3 rings (SSSR count). The summed E-state index contributed by atoms with van der Waals surface area (Å²) in [6.07, 6.45) is 2.24. The standard InChI is InChI=1S/C22H21FN2O3S2/c23-17-8-6-16(7-9-17)13-19-21(28)25(22(29)30-19)11-10-20(27)24-18(14-26)12-15-4-2-1-3-5-15/h1-9,13,18,26H,10-12,14H2,(H,24,27)/b19-13+. The summed E-state index contributed by atoms with van der Waals surface area (Å²) >= 11 is 6.43. The molecule has 1 heterocycles. The molecule has 0 radical (unpaired) electrons. The van der Waals surface area contributed by atoms with Crippen LogP contribution in [-0.4, -0.2) is 45.3 Å². The van der Waals surface area contributed by atoms with Gasteiger partial charge in [-0.1, -0.05) is 66.4 Å². The molecule has 2 amide bonds. The normalized spacial score (nSPS) is 16.2. The molecule has 8 heteroatoms. The fraction of sp³-hybridized carbons (Fsp3) is 0.227. The van der Waals surface area contributed by atoms with E-state index in [0.29, 0.717) is 21.2 Å². The number of aliphatic hydroxyl groups excluding tert-OH is 1. The van der Waals surface area contributed by atoms with Crippen molar-refractivity contribution in [1.82, 2.24) is 10.2 Å². The molecule has 0 aromatic heterocycles. The van der Waals surface area contributed by atoms with Gasteiger partial charge in [0.25, 0.3) is 5.91 Å². The van der Waals surface area contributed by atoms with Crippen molar-refractivity contribution in [3.63, 3.8) is 0 Å². The summed E-state index contributed by atoms with van der Waals surface area (Å²) < 4.78 is 13.4. The Morgan fingerprint density at radius 2 is 1.90 bits per heavy atom. The first-order valence-electron chi connectivity index (χ1n) is 9.41. The summed E-state index contributed by atoms with van der Waals surface area (Å²) in [6.45, 7) is -0.0250. The van der Waals surface area contributed by atoms with Gasteiger partial charge in [-0.15, -0.1) is 0 Å². The summed E-state index contributed by atoms with van der Waals surface area (Å²) in [5, 5.41) is 12.4. The van der Waals surface area contributed by atoms with Crippen molar-refractivity contribution >= 4 is 46.2 Å². The maximum absolute atomic E-state index is 13.0. The Labute approximate surface area is 184 Å². The number of halogens is 1. The molecule has 0 aliphatic carbocycles. The number of hydrogen-bond donors (Lipinski definition) is 2. The molecular formula is C22H21FN2O3S2. The van der Waals surface area contributed by atoms with E-state index in [0.717, 1.165) is 17.3 Å². The van der Waals surface area contributed by atoms with Gasteiger partial charge in [-0.25, -0.2) is 4.39 Å². The number of hydrogen-bond acceptors (Lipinski definition) is 5. The number of thioether (sulfide) groups is 1. The molecule has 1 atom stereocenters. The molecule has 1 aliphatic rings. The largest absolute Gasteiger partial charge is 0.394 e. The van der Waals surface area contributed by atoms with Gasteiger partial charge in [0.1, 0.15) is 10.1 Å². The molecule has 0 saturated carbocycles. The first kappa shape index (κ1) is 22.1. The van der Waals surface area contributed by atoms with Crippen molar-refractivity contribution in [2.75, 3.05) is 13.2 Å². The van der Waals surface area contributed by atoms with Crippen LogP contribution in [-0.2, 0) is 16.0 Å². The number of carbonyl (C=O) groups excluding carboxylic acids is 2. The third-order valence-electron chi connectivity index (χ3n) is 4.51. The van der Waals surface area contributed by atoms with Crippen LogP contribution in [0.1, 0.15) is 17.5 Å². The van der Waals surface area contributed by atoms with Gasteiger partial charge in [-0.05, 0) is 35.8 Å².